The van der Waals surface area contributed by atoms with E-state index in [1.54, 1.807) is 21.8 Å². The molecule has 0 radical (unpaired) electrons. The monoisotopic (exact) mass is 470 g/mol. The van der Waals surface area contributed by atoms with Crippen molar-refractivity contribution in [2.45, 2.75) is 29.6 Å². The van der Waals surface area contributed by atoms with Crippen LogP contribution in [0.2, 0.25) is 0 Å². The van der Waals surface area contributed by atoms with Crippen molar-refractivity contribution < 1.29 is 13.3 Å². The largest absolute Gasteiger partial charge is 0.336 e. The van der Waals surface area contributed by atoms with Crippen molar-refractivity contribution in [3.05, 3.63) is 75.5 Å². The smallest absolute Gasteiger partial charge is 0.258 e. The minimum Gasteiger partial charge on any atom is -0.336 e. The standard InChI is InChI=1S/C24H27N3O3S2/c1-25(2)15-18-6-3-4-7-20(18)21-9-10-22-19-12-17(14-27(22)24(21)28)13-26(16-19)32(29,30)23-8-5-11-31-23/h3-11,17,19H,12-16H2,1-2H3/p+1/t17-,19+/m0/s1. The van der Waals surface area contributed by atoms with Gasteiger partial charge in [-0.25, -0.2) is 8.42 Å². The highest BCUT2D eigenvalue weighted by atomic mass is 32.2. The van der Waals surface area contributed by atoms with Crippen molar-refractivity contribution in [3.63, 3.8) is 0 Å². The number of pyridine rings is 1. The zero-order valence-electron chi connectivity index (χ0n) is 18.3. The lowest BCUT2D eigenvalue weighted by molar-refractivity contribution is -0.872. The molecule has 1 saturated heterocycles. The van der Waals surface area contributed by atoms with E-state index < -0.39 is 10.0 Å². The lowest BCUT2D eigenvalue weighted by Gasteiger charge is -2.42. The number of piperidine rings is 1. The molecule has 0 unspecified atom stereocenters. The molecule has 2 aliphatic rings. The first-order valence-electron chi connectivity index (χ1n) is 11.0. The third kappa shape index (κ3) is 3.75. The maximum absolute atomic E-state index is 13.6. The topological polar surface area (TPSA) is 63.8 Å². The van der Waals surface area contributed by atoms with Gasteiger partial charge >= 0.3 is 0 Å². The van der Waals surface area contributed by atoms with Crippen LogP contribution in [0, 0.1) is 5.92 Å². The quantitative estimate of drug-likeness (QED) is 0.621. The molecule has 168 valence electrons. The Morgan fingerprint density at radius 1 is 1.00 bits per heavy atom. The number of quaternary nitrogens is 1. The second kappa shape index (κ2) is 8.26. The highest BCUT2D eigenvalue weighted by molar-refractivity contribution is 7.91. The minimum absolute atomic E-state index is 0.0352. The van der Waals surface area contributed by atoms with Crippen LogP contribution in [0.25, 0.3) is 11.1 Å². The molecule has 1 fully saturated rings. The summed E-state index contributed by atoms with van der Waals surface area (Å²) >= 11 is 1.26. The molecule has 0 saturated carbocycles. The fraction of sp³-hybridized carbons (Fsp3) is 0.375. The van der Waals surface area contributed by atoms with E-state index >= 15 is 0 Å². The molecule has 0 aliphatic carbocycles. The van der Waals surface area contributed by atoms with Gasteiger partial charge in [-0.15, -0.1) is 11.3 Å². The summed E-state index contributed by atoms with van der Waals surface area (Å²) in [4.78, 5) is 14.9. The van der Waals surface area contributed by atoms with Crippen LogP contribution in [0.3, 0.4) is 0 Å². The summed E-state index contributed by atoms with van der Waals surface area (Å²) in [7, 11) is 0.730. The Labute approximate surface area is 192 Å². The average molecular weight is 471 g/mol. The molecule has 0 spiro atoms. The molecule has 8 heteroatoms. The maximum Gasteiger partial charge on any atom is 0.258 e. The number of hydrogen-bond donors (Lipinski definition) is 1. The van der Waals surface area contributed by atoms with Crippen molar-refractivity contribution in [2.75, 3.05) is 27.2 Å². The van der Waals surface area contributed by atoms with Gasteiger partial charge in [-0.2, -0.15) is 4.31 Å². The molecule has 1 aromatic carbocycles. The average Bonchev–Trinajstić information content (AvgIpc) is 3.31. The Kier molecular flexibility index (Phi) is 5.57. The van der Waals surface area contributed by atoms with Gasteiger partial charge in [0.15, 0.2) is 0 Å². The highest BCUT2D eigenvalue weighted by Crippen LogP contribution is 2.38. The fourth-order valence-corrected chi connectivity index (χ4v) is 7.86. The highest BCUT2D eigenvalue weighted by Gasteiger charge is 2.40. The molecule has 1 N–H and O–H groups in total. The predicted molar refractivity (Wildman–Crippen MR) is 127 cm³/mol. The molecule has 3 aromatic rings. The van der Waals surface area contributed by atoms with Crippen LogP contribution in [0.5, 0.6) is 0 Å². The first-order chi connectivity index (χ1) is 15.3. The van der Waals surface area contributed by atoms with E-state index in [4.69, 9.17) is 0 Å². The van der Waals surface area contributed by atoms with Crippen LogP contribution in [-0.4, -0.2) is 44.5 Å². The van der Waals surface area contributed by atoms with E-state index in [2.05, 4.69) is 20.2 Å². The Balaban J connectivity index is 1.51. The molecule has 6 nitrogen and oxygen atoms in total. The molecule has 2 aromatic heterocycles. The van der Waals surface area contributed by atoms with Crippen molar-refractivity contribution in [2.24, 2.45) is 5.92 Å². The zero-order chi connectivity index (χ0) is 22.5. The van der Waals surface area contributed by atoms with Gasteiger partial charge in [0.1, 0.15) is 10.8 Å². The zero-order valence-corrected chi connectivity index (χ0v) is 20.0. The predicted octanol–water partition coefficient (Wildman–Crippen LogP) is 2.03. The van der Waals surface area contributed by atoms with Gasteiger partial charge in [0.05, 0.1) is 14.1 Å². The fourth-order valence-electron chi connectivity index (χ4n) is 5.16. The molecule has 0 amide bonds. The Hall–Kier alpha value is -2.26. The van der Waals surface area contributed by atoms with Crippen LogP contribution < -0.4 is 10.5 Å². The van der Waals surface area contributed by atoms with Crippen molar-refractivity contribution in [3.8, 4) is 11.1 Å². The number of aromatic nitrogens is 1. The summed E-state index contributed by atoms with van der Waals surface area (Å²) in [6.07, 6.45) is 0.926. The summed E-state index contributed by atoms with van der Waals surface area (Å²) < 4.78 is 30.1. The number of hydrogen-bond acceptors (Lipinski definition) is 4. The van der Waals surface area contributed by atoms with Gasteiger partial charge in [-0.1, -0.05) is 30.3 Å². The lowest BCUT2D eigenvalue weighted by atomic mass is 9.83. The van der Waals surface area contributed by atoms with E-state index in [1.807, 2.05) is 34.9 Å². The first-order valence-corrected chi connectivity index (χ1v) is 13.3. The molecule has 4 heterocycles. The number of thiophene rings is 1. The molecule has 32 heavy (non-hydrogen) atoms. The lowest BCUT2D eigenvalue weighted by Crippen LogP contribution is -3.04. The SMILES string of the molecule is C[NH+](C)Cc1ccccc1-c1ccc2n(c1=O)C[C@H]1C[C@@H]2CN(S(=O)(=O)c2cccs2)C1. The normalized spacial score (nSPS) is 21.0. The van der Waals surface area contributed by atoms with E-state index in [0.717, 1.165) is 35.3 Å². The Bertz CT molecular complexity index is 1300. The minimum atomic E-state index is -3.48. The molecular formula is C24H28N3O3S2+. The van der Waals surface area contributed by atoms with Crippen LogP contribution >= 0.6 is 11.3 Å². The van der Waals surface area contributed by atoms with Crippen LogP contribution in [0.1, 0.15) is 23.6 Å². The molecular weight excluding hydrogens is 442 g/mol. The number of nitrogens with zero attached hydrogens (tertiary/aromatic N) is 2. The summed E-state index contributed by atoms with van der Waals surface area (Å²) in [6, 6.07) is 15.5. The molecule has 5 rings (SSSR count). The van der Waals surface area contributed by atoms with E-state index in [1.165, 1.54) is 16.2 Å². The van der Waals surface area contributed by atoms with E-state index in [-0.39, 0.29) is 17.4 Å². The summed E-state index contributed by atoms with van der Waals surface area (Å²) in [5, 5.41) is 1.80. The van der Waals surface area contributed by atoms with Gasteiger partial charge in [-0.3, -0.25) is 4.79 Å². The molecule has 2 atom stereocenters. The van der Waals surface area contributed by atoms with Crippen LogP contribution in [0.4, 0.5) is 0 Å². The molecule has 2 bridgehead atoms. The number of sulfonamides is 1. The van der Waals surface area contributed by atoms with E-state index in [9.17, 15) is 13.2 Å². The van der Waals surface area contributed by atoms with Gasteiger partial charge < -0.3 is 9.47 Å². The number of fused-ring (bicyclic) bond motifs is 4. The third-order valence-electron chi connectivity index (χ3n) is 6.51. The third-order valence-corrected chi connectivity index (χ3v) is 9.72. The summed E-state index contributed by atoms with van der Waals surface area (Å²) in [5.74, 6) is 0.186. The van der Waals surface area contributed by atoms with Crippen molar-refractivity contribution >= 4 is 21.4 Å². The van der Waals surface area contributed by atoms with Crippen LogP contribution in [-0.2, 0) is 23.1 Å². The Morgan fingerprint density at radius 3 is 2.56 bits per heavy atom. The van der Waals surface area contributed by atoms with Gasteiger partial charge in [0.25, 0.3) is 15.6 Å². The number of benzene rings is 1. The van der Waals surface area contributed by atoms with Gasteiger partial charge in [0.2, 0.25) is 0 Å². The summed E-state index contributed by atoms with van der Waals surface area (Å²) in [5.41, 5.74) is 3.87. The second-order valence-corrected chi connectivity index (χ2v) is 12.3. The van der Waals surface area contributed by atoms with Gasteiger partial charge in [-0.05, 0) is 41.5 Å². The first kappa shape index (κ1) is 21.6. The number of rotatable bonds is 5. The van der Waals surface area contributed by atoms with E-state index in [0.29, 0.717) is 23.8 Å². The van der Waals surface area contributed by atoms with Gasteiger partial charge in [0, 0.05) is 42.4 Å². The maximum atomic E-state index is 13.6. The summed E-state index contributed by atoms with van der Waals surface area (Å²) in [6.45, 7) is 2.30. The Morgan fingerprint density at radius 2 is 1.81 bits per heavy atom. The number of nitrogens with one attached hydrogen (secondary N) is 1. The molecule has 2 aliphatic heterocycles. The van der Waals surface area contributed by atoms with Crippen LogP contribution in [0.15, 0.2) is 62.9 Å². The van der Waals surface area contributed by atoms with Crippen molar-refractivity contribution in [1.82, 2.24) is 8.87 Å². The second-order valence-electron chi connectivity index (χ2n) is 9.18. The van der Waals surface area contributed by atoms with Crippen molar-refractivity contribution in [1.29, 1.82) is 0 Å².